The van der Waals surface area contributed by atoms with E-state index in [4.69, 9.17) is 4.42 Å². The summed E-state index contributed by atoms with van der Waals surface area (Å²) in [6.45, 7) is 2.98. The molecular formula is C19H24N2O2. The summed E-state index contributed by atoms with van der Waals surface area (Å²) in [6.07, 6.45) is 7.99. The van der Waals surface area contributed by atoms with Crippen molar-refractivity contribution in [2.45, 2.75) is 38.5 Å². The first-order valence-corrected chi connectivity index (χ1v) is 8.79. The number of carbonyl (C=O) groups is 1. The van der Waals surface area contributed by atoms with Gasteiger partial charge >= 0.3 is 0 Å². The predicted octanol–water partition coefficient (Wildman–Crippen LogP) is 2.58. The van der Waals surface area contributed by atoms with Crippen molar-refractivity contribution in [3.8, 4) is 0 Å². The van der Waals surface area contributed by atoms with Crippen molar-refractivity contribution in [3.63, 3.8) is 0 Å². The molecule has 4 nitrogen and oxygen atoms in total. The molecule has 4 heteroatoms. The highest BCUT2D eigenvalue weighted by Gasteiger charge is 2.17. The molecule has 2 N–H and O–H groups in total. The summed E-state index contributed by atoms with van der Waals surface area (Å²) >= 11 is 0. The van der Waals surface area contributed by atoms with E-state index >= 15 is 0 Å². The number of aryl methyl sites for hydroxylation is 2. The summed E-state index contributed by atoms with van der Waals surface area (Å²) in [6, 6.07) is 4.39. The number of rotatable bonds is 5. The molecule has 1 aliphatic heterocycles. The monoisotopic (exact) mass is 312 g/mol. The fourth-order valence-electron chi connectivity index (χ4n) is 3.90. The molecule has 1 amide bonds. The van der Waals surface area contributed by atoms with Gasteiger partial charge in [-0.1, -0.05) is 0 Å². The molecular weight excluding hydrogens is 288 g/mol. The summed E-state index contributed by atoms with van der Waals surface area (Å²) < 4.78 is 5.67. The van der Waals surface area contributed by atoms with Gasteiger partial charge in [-0.2, -0.15) is 0 Å². The van der Waals surface area contributed by atoms with Crippen LogP contribution >= 0.6 is 0 Å². The number of nitrogens with one attached hydrogen (secondary N) is 2. The van der Waals surface area contributed by atoms with E-state index in [0.717, 1.165) is 55.4 Å². The molecule has 1 atom stereocenters. The molecule has 1 unspecified atom stereocenters. The lowest BCUT2D eigenvalue weighted by atomic mass is 10.0. The maximum Gasteiger partial charge on any atom is 0.224 e. The summed E-state index contributed by atoms with van der Waals surface area (Å²) in [4.78, 5) is 12.2. The number of amides is 1. The average Bonchev–Trinajstić information content (AvgIpc) is 3.26. The van der Waals surface area contributed by atoms with Crippen LogP contribution in [0.2, 0.25) is 0 Å². The SMILES string of the molecule is O=C(Cc1coc2cc3c(cc12)CCC3)NCCC1CCNC1. The number of furan rings is 1. The third-order valence-electron chi connectivity index (χ3n) is 5.26. The highest BCUT2D eigenvalue weighted by atomic mass is 16.3. The second-order valence-electron chi connectivity index (χ2n) is 6.91. The Hall–Kier alpha value is -1.81. The third-order valence-corrected chi connectivity index (χ3v) is 5.26. The summed E-state index contributed by atoms with van der Waals surface area (Å²) in [5, 5.41) is 7.53. The minimum atomic E-state index is 0.0964. The van der Waals surface area contributed by atoms with Crippen LogP contribution in [0.3, 0.4) is 0 Å². The molecule has 1 aromatic carbocycles. The molecule has 1 fully saturated rings. The second-order valence-corrected chi connectivity index (χ2v) is 6.91. The fraction of sp³-hybridized carbons (Fsp3) is 0.526. The van der Waals surface area contributed by atoms with Gasteiger partial charge < -0.3 is 15.1 Å². The van der Waals surface area contributed by atoms with Gasteiger partial charge in [-0.3, -0.25) is 4.79 Å². The van der Waals surface area contributed by atoms with Gasteiger partial charge in [0.25, 0.3) is 0 Å². The molecule has 23 heavy (non-hydrogen) atoms. The zero-order valence-electron chi connectivity index (χ0n) is 13.5. The minimum Gasteiger partial charge on any atom is -0.464 e. The first-order chi connectivity index (χ1) is 11.3. The van der Waals surface area contributed by atoms with Crippen LogP contribution in [-0.4, -0.2) is 25.5 Å². The molecule has 0 radical (unpaired) electrons. The highest BCUT2D eigenvalue weighted by Crippen LogP contribution is 2.30. The maximum atomic E-state index is 12.2. The van der Waals surface area contributed by atoms with Crippen molar-refractivity contribution in [1.82, 2.24) is 10.6 Å². The first kappa shape index (κ1) is 14.8. The van der Waals surface area contributed by atoms with Crippen molar-refractivity contribution < 1.29 is 9.21 Å². The largest absolute Gasteiger partial charge is 0.464 e. The van der Waals surface area contributed by atoms with Crippen molar-refractivity contribution in [1.29, 1.82) is 0 Å². The van der Waals surface area contributed by atoms with E-state index in [-0.39, 0.29) is 5.91 Å². The van der Waals surface area contributed by atoms with Crippen LogP contribution < -0.4 is 10.6 Å². The van der Waals surface area contributed by atoms with Gasteiger partial charge in [-0.15, -0.1) is 0 Å². The zero-order valence-corrected chi connectivity index (χ0v) is 13.5. The van der Waals surface area contributed by atoms with Crippen molar-refractivity contribution in [2.75, 3.05) is 19.6 Å². The number of hydrogen-bond donors (Lipinski definition) is 2. The van der Waals surface area contributed by atoms with Crippen LogP contribution in [0.15, 0.2) is 22.8 Å². The number of carbonyl (C=O) groups excluding carboxylic acids is 1. The molecule has 1 aliphatic carbocycles. The Morgan fingerprint density at radius 2 is 2.17 bits per heavy atom. The summed E-state index contributed by atoms with van der Waals surface area (Å²) in [5.41, 5.74) is 4.77. The van der Waals surface area contributed by atoms with E-state index in [9.17, 15) is 4.79 Å². The zero-order chi connectivity index (χ0) is 15.6. The minimum absolute atomic E-state index is 0.0964. The fourth-order valence-corrected chi connectivity index (χ4v) is 3.90. The Morgan fingerprint density at radius 3 is 3.00 bits per heavy atom. The van der Waals surface area contributed by atoms with E-state index in [0.29, 0.717) is 12.3 Å². The van der Waals surface area contributed by atoms with Gasteiger partial charge in [0.2, 0.25) is 5.91 Å². The maximum absolute atomic E-state index is 12.2. The van der Waals surface area contributed by atoms with E-state index in [2.05, 4.69) is 22.8 Å². The van der Waals surface area contributed by atoms with Crippen molar-refractivity contribution >= 4 is 16.9 Å². The van der Waals surface area contributed by atoms with Gasteiger partial charge in [0, 0.05) is 17.5 Å². The predicted molar refractivity (Wildman–Crippen MR) is 90.5 cm³/mol. The average molecular weight is 312 g/mol. The van der Waals surface area contributed by atoms with Crippen molar-refractivity contribution in [2.24, 2.45) is 5.92 Å². The normalized spacial score (nSPS) is 20.1. The Balaban J connectivity index is 1.38. The molecule has 2 heterocycles. The van der Waals surface area contributed by atoms with Gasteiger partial charge in [-0.25, -0.2) is 0 Å². The standard InChI is InChI=1S/C19H24N2O2/c22-19(21-7-5-13-4-6-20-11-13)10-16-12-23-18-9-15-3-1-2-14(15)8-17(16)18/h8-9,12-13,20H,1-7,10-11H2,(H,21,22). The van der Waals surface area contributed by atoms with E-state index in [1.54, 1.807) is 6.26 Å². The first-order valence-electron chi connectivity index (χ1n) is 8.79. The van der Waals surface area contributed by atoms with Crippen molar-refractivity contribution in [3.05, 3.63) is 35.1 Å². The second kappa shape index (κ2) is 6.36. The lowest BCUT2D eigenvalue weighted by molar-refractivity contribution is -0.120. The van der Waals surface area contributed by atoms with E-state index < -0.39 is 0 Å². The highest BCUT2D eigenvalue weighted by molar-refractivity contribution is 5.88. The van der Waals surface area contributed by atoms with Gasteiger partial charge in [0.15, 0.2) is 0 Å². The molecule has 0 saturated carbocycles. The van der Waals surface area contributed by atoms with Crippen LogP contribution in [-0.2, 0) is 24.1 Å². The number of hydrogen-bond acceptors (Lipinski definition) is 3. The molecule has 2 aliphatic rings. The number of fused-ring (bicyclic) bond motifs is 2. The molecule has 2 aromatic rings. The molecule has 1 aromatic heterocycles. The van der Waals surface area contributed by atoms with Gasteiger partial charge in [0.1, 0.15) is 5.58 Å². The Labute approximate surface area is 136 Å². The van der Waals surface area contributed by atoms with Crippen LogP contribution in [0.1, 0.15) is 36.0 Å². The quantitative estimate of drug-likeness (QED) is 0.892. The molecule has 1 saturated heterocycles. The molecule has 0 spiro atoms. The van der Waals surface area contributed by atoms with Crippen LogP contribution in [0.5, 0.6) is 0 Å². The van der Waals surface area contributed by atoms with E-state index in [1.807, 2.05) is 0 Å². The van der Waals surface area contributed by atoms with Gasteiger partial charge in [0.05, 0.1) is 12.7 Å². The molecule has 4 rings (SSSR count). The number of benzene rings is 1. The Bertz CT molecular complexity index is 713. The molecule has 0 bridgehead atoms. The third kappa shape index (κ3) is 3.13. The van der Waals surface area contributed by atoms with Crippen LogP contribution in [0, 0.1) is 5.92 Å². The summed E-state index contributed by atoms with van der Waals surface area (Å²) in [5.74, 6) is 0.812. The lowest BCUT2D eigenvalue weighted by Gasteiger charge is -2.09. The Morgan fingerprint density at radius 1 is 1.30 bits per heavy atom. The smallest absolute Gasteiger partial charge is 0.224 e. The topological polar surface area (TPSA) is 54.3 Å². The molecule has 122 valence electrons. The van der Waals surface area contributed by atoms with Crippen LogP contribution in [0.4, 0.5) is 0 Å². The summed E-state index contributed by atoms with van der Waals surface area (Å²) in [7, 11) is 0. The van der Waals surface area contributed by atoms with E-state index in [1.165, 1.54) is 24.0 Å². The lowest BCUT2D eigenvalue weighted by Crippen LogP contribution is -2.27. The Kier molecular flexibility index (Phi) is 4.08. The van der Waals surface area contributed by atoms with Crippen LogP contribution in [0.25, 0.3) is 11.0 Å². The van der Waals surface area contributed by atoms with Gasteiger partial charge in [-0.05, 0) is 74.4 Å².